The molecule has 162 valence electrons. The average molecular weight is 446 g/mol. The molecule has 0 fully saturated rings. The molecule has 0 radical (unpaired) electrons. The summed E-state index contributed by atoms with van der Waals surface area (Å²) < 4.78 is 17.2. The van der Waals surface area contributed by atoms with Crippen LogP contribution in [-0.2, 0) is 18.8 Å². The first-order valence-corrected chi connectivity index (χ1v) is 10.7. The zero-order valence-electron chi connectivity index (χ0n) is 17.1. The second kappa shape index (κ2) is 14.3. The molecule has 0 aromatic heterocycles. The molecule has 10 heteroatoms. The van der Waals surface area contributed by atoms with Gasteiger partial charge in [-0.05, 0) is 26.0 Å². The number of carbonyl (C=O) groups excluding carboxylic acids is 2. The summed E-state index contributed by atoms with van der Waals surface area (Å²) in [5.74, 6) is 0.359. The Bertz CT molecular complexity index is 636. The molecule has 3 atom stereocenters. The number of hydrogen-bond acceptors (Lipinski definition) is 6. The Hall–Kier alpha value is -1.70. The summed E-state index contributed by atoms with van der Waals surface area (Å²) in [6.07, 6.45) is 3.01. The number of rotatable bonds is 14. The van der Waals surface area contributed by atoms with Gasteiger partial charge in [-0.25, -0.2) is 5.09 Å². The van der Waals surface area contributed by atoms with E-state index in [1.165, 1.54) is 24.2 Å². The molecule has 8 nitrogen and oxygen atoms in total. The molecule has 0 saturated heterocycles. The van der Waals surface area contributed by atoms with Crippen molar-refractivity contribution in [3.8, 4) is 5.75 Å². The topological polar surface area (TPSA) is 89.1 Å². The molecular formula is C19H29ClN3O5P. The van der Waals surface area contributed by atoms with Crippen molar-refractivity contribution in [2.24, 2.45) is 0 Å². The van der Waals surface area contributed by atoms with E-state index in [1.807, 2.05) is 44.2 Å². The van der Waals surface area contributed by atoms with Gasteiger partial charge in [0.05, 0.1) is 12.7 Å². The zero-order chi connectivity index (χ0) is 21.6. The first-order valence-electron chi connectivity index (χ1n) is 9.11. The maximum atomic E-state index is 11.3. The molecule has 0 spiro atoms. The maximum absolute atomic E-state index is 11.3. The van der Waals surface area contributed by atoms with E-state index in [-0.39, 0.29) is 24.7 Å². The third-order valence-electron chi connectivity index (χ3n) is 3.55. The molecule has 0 saturated carbocycles. The Morgan fingerprint density at radius 1 is 1.31 bits per heavy atom. The van der Waals surface area contributed by atoms with Gasteiger partial charge in [-0.15, -0.1) is 0 Å². The van der Waals surface area contributed by atoms with Crippen molar-refractivity contribution in [1.29, 1.82) is 0 Å². The van der Waals surface area contributed by atoms with Crippen molar-refractivity contribution in [1.82, 2.24) is 15.3 Å². The molecule has 0 heterocycles. The van der Waals surface area contributed by atoms with Gasteiger partial charge in [-0.3, -0.25) is 9.59 Å². The highest BCUT2D eigenvalue weighted by Crippen LogP contribution is 2.36. The molecule has 2 amide bonds. The van der Waals surface area contributed by atoms with Gasteiger partial charge < -0.3 is 24.0 Å². The quantitative estimate of drug-likeness (QED) is 0.150. The summed E-state index contributed by atoms with van der Waals surface area (Å²) >= 11 is 6.31. The van der Waals surface area contributed by atoms with Crippen LogP contribution in [0, 0.1) is 0 Å². The van der Waals surface area contributed by atoms with Crippen LogP contribution in [0.25, 0.3) is 0 Å². The normalized spacial score (nSPS) is 14.4. The lowest BCUT2D eigenvalue weighted by Crippen LogP contribution is -2.32. The van der Waals surface area contributed by atoms with E-state index in [4.69, 9.17) is 25.4 Å². The Morgan fingerprint density at radius 3 is 2.55 bits per heavy atom. The highest BCUT2D eigenvalue weighted by molar-refractivity contribution is 7.45. The number of ether oxygens (including phenoxy) is 1. The van der Waals surface area contributed by atoms with Crippen LogP contribution in [0.2, 0.25) is 0 Å². The molecule has 0 aliphatic carbocycles. The fraction of sp³-hybridized carbons (Fsp3) is 0.474. The van der Waals surface area contributed by atoms with Crippen molar-refractivity contribution in [3.63, 3.8) is 0 Å². The van der Waals surface area contributed by atoms with Crippen LogP contribution in [0.4, 0.5) is 0 Å². The van der Waals surface area contributed by atoms with E-state index in [0.29, 0.717) is 18.6 Å². The van der Waals surface area contributed by atoms with E-state index in [2.05, 4.69) is 10.4 Å². The van der Waals surface area contributed by atoms with E-state index in [9.17, 15) is 9.59 Å². The zero-order valence-corrected chi connectivity index (χ0v) is 18.7. The number of nitrogens with zero attached hydrogens (tertiary/aromatic N) is 1. The van der Waals surface area contributed by atoms with Crippen molar-refractivity contribution in [2.45, 2.75) is 37.9 Å². The highest BCUT2D eigenvalue weighted by Gasteiger charge is 2.22. The highest BCUT2D eigenvalue weighted by atomic mass is 35.5. The van der Waals surface area contributed by atoms with Gasteiger partial charge in [0.1, 0.15) is 11.3 Å². The van der Waals surface area contributed by atoms with E-state index in [0.717, 1.165) is 0 Å². The molecule has 29 heavy (non-hydrogen) atoms. The fourth-order valence-corrected chi connectivity index (χ4v) is 3.56. The van der Waals surface area contributed by atoms with Crippen molar-refractivity contribution >= 4 is 32.4 Å². The number of hydrogen-bond donors (Lipinski definition) is 2. The smallest absolute Gasteiger partial charge is 0.318 e. The molecule has 1 rings (SSSR count). The van der Waals surface area contributed by atoms with Gasteiger partial charge >= 0.3 is 8.53 Å². The fourth-order valence-electron chi connectivity index (χ4n) is 2.03. The number of amides is 2. The minimum Gasteiger partial charge on any atom is -0.436 e. The predicted octanol–water partition coefficient (Wildman–Crippen LogP) is 3.00. The summed E-state index contributed by atoms with van der Waals surface area (Å²) in [7, 11) is 1.64. The maximum Gasteiger partial charge on any atom is 0.318 e. The largest absolute Gasteiger partial charge is 0.436 e. The number of methoxy groups -OCH3 is 1. The van der Waals surface area contributed by atoms with Gasteiger partial charge in [0.15, 0.2) is 0 Å². The molecule has 1 aromatic carbocycles. The van der Waals surface area contributed by atoms with E-state index >= 15 is 0 Å². The first-order chi connectivity index (χ1) is 13.9. The number of para-hydroxylation sites is 1. The van der Waals surface area contributed by atoms with Crippen LogP contribution in [0.1, 0.15) is 20.3 Å². The standard InChI is InChI=1S/C19H29ClN3O5P/c1-15(2)22-29(28-16-8-6-5-7-9-16)27-13-17(26-4)12-18(20)23(14-24)11-10-19(25)21-3/h5-11,14-15,17-18,22H,12-13H2,1-4H3,(H,21,25)/b11-10-. The van der Waals surface area contributed by atoms with Gasteiger partial charge in [0, 0.05) is 38.9 Å². The first kappa shape index (κ1) is 25.3. The Balaban J connectivity index is 2.64. The van der Waals surface area contributed by atoms with Crippen LogP contribution in [0.3, 0.4) is 0 Å². The average Bonchev–Trinajstić information content (AvgIpc) is 2.71. The van der Waals surface area contributed by atoms with Gasteiger partial charge in [-0.2, -0.15) is 0 Å². The lowest BCUT2D eigenvalue weighted by molar-refractivity contribution is -0.117. The number of carbonyl (C=O) groups is 2. The SMILES string of the molecule is CNC(=O)/C=C\N(C=O)C(Cl)CC(COP(NC(C)C)Oc1ccccc1)OC. The number of alkyl halides is 1. The lowest BCUT2D eigenvalue weighted by atomic mass is 10.2. The summed E-state index contributed by atoms with van der Waals surface area (Å²) in [6.45, 7) is 4.20. The monoisotopic (exact) mass is 445 g/mol. The van der Waals surface area contributed by atoms with Crippen LogP contribution in [0.5, 0.6) is 5.75 Å². The van der Waals surface area contributed by atoms with Crippen LogP contribution in [0.15, 0.2) is 42.6 Å². The molecule has 0 bridgehead atoms. The molecule has 0 aliphatic rings. The van der Waals surface area contributed by atoms with E-state index < -0.39 is 14.0 Å². The molecule has 3 unspecified atom stereocenters. The van der Waals surface area contributed by atoms with Crippen molar-refractivity contribution in [2.75, 3.05) is 20.8 Å². The molecular weight excluding hydrogens is 417 g/mol. The predicted molar refractivity (Wildman–Crippen MR) is 114 cm³/mol. The van der Waals surface area contributed by atoms with Crippen molar-refractivity contribution in [3.05, 3.63) is 42.6 Å². The van der Waals surface area contributed by atoms with Crippen LogP contribution < -0.4 is 14.9 Å². The number of nitrogens with one attached hydrogen (secondary N) is 2. The minimum absolute atomic E-state index is 0.159. The van der Waals surface area contributed by atoms with Crippen molar-refractivity contribution < 1.29 is 23.4 Å². The lowest BCUT2D eigenvalue weighted by Gasteiger charge is -2.26. The Morgan fingerprint density at radius 2 is 2.00 bits per heavy atom. The molecule has 0 aliphatic heterocycles. The van der Waals surface area contributed by atoms with Gasteiger partial charge in [0.25, 0.3) is 0 Å². The Labute approximate surface area is 178 Å². The second-order valence-electron chi connectivity index (χ2n) is 6.25. The number of benzene rings is 1. The second-order valence-corrected chi connectivity index (χ2v) is 7.97. The number of likely N-dealkylation sites (N-methyl/N-ethyl adjacent to an activating group) is 1. The summed E-state index contributed by atoms with van der Waals surface area (Å²) in [5, 5.41) is 5.67. The van der Waals surface area contributed by atoms with Gasteiger partial charge in [0.2, 0.25) is 12.3 Å². The van der Waals surface area contributed by atoms with Crippen LogP contribution in [-0.4, -0.2) is 55.6 Å². The molecule has 1 aromatic rings. The van der Waals surface area contributed by atoms with E-state index in [1.54, 1.807) is 7.11 Å². The van der Waals surface area contributed by atoms with Crippen LogP contribution >= 0.6 is 20.1 Å². The minimum atomic E-state index is -1.40. The number of halogens is 1. The summed E-state index contributed by atoms with van der Waals surface area (Å²) in [5.41, 5.74) is -0.707. The molecule has 2 N–H and O–H groups in total. The third kappa shape index (κ3) is 10.6. The summed E-state index contributed by atoms with van der Waals surface area (Å²) in [4.78, 5) is 23.8. The Kier molecular flexibility index (Phi) is 12.5. The van der Waals surface area contributed by atoms with Gasteiger partial charge in [-0.1, -0.05) is 29.8 Å². The summed E-state index contributed by atoms with van der Waals surface area (Å²) in [6, 6.07) is 9.54. The third-order valence-corrected chi connectivity index (χ3v) is 5.44.